The van der Waals surface area contributed by atoms with Gasteiger partial charge in [0.15, 0.2) is 0 Å². The summed E-state index contributed by atoms with van der Waals surface area (Å²) in [5, 5.41) is 11.9. The lowest BCUT2D eigenvalue weighted by atomic mass is 9.96. The van der Waals surface area contributed by atoms with E-state index in [4.69, 9.17) is 4.74 Å². The summed E-state index contributed by atoms with van der Waals surface area (Å²) >= 11 is 0. The third kappa shape index (κ3) is 4.60. The van der Waals surface area contributed by atoms with E-state index < -0.39 is 11.7 Å². The second-order valence-corrected chi connectivity index (χ2v) is 6.65. The van der Waals surface area contributed by atoms with Crippen LogP contribution in [0.2, 0.25) is 0 Å². The molecule has 0 bridgehead atoms. The van der Waals surface area contributed by atoms with Gasteiger partial charge in [-0.15, -0.1) is 0 Å². The van der Waals surface area contributed by atoms with Crippen LogP contribution in [-0.2, 0) is 11.3 Å². The lowest BCUT2D eigenvalue weighted by Crippen LogP contribution is -2.32. The zero-order chi connectivity index (χ0) is 17.7. The fourth-order valence-electron chi connectivity index (χ4n) is 2.41. The molecule has 0 unspecified atom stereocenters. The lowest BCUT2D eigenvalue weighted by molar-refractivity contribution is 0.0523. The molecule has 1 amide bonds. The first-order valence-corrected chi connectivity index (χ1v) is 7.86. The van der Waals surface area contributed by atoms with Crippen LogP contribution in [-0.4, -0.2) is 11.7 Å². The highest BCUT2D eigenvalue weighted by molar-refractivity contribution is 5.71. The molecule has 0 aliphatic carbocycles. The maximum atomic E-state index is 11.8. The van der Waals surface area contributed by atoms with Gasteiger partial charge in [0, 0.05) is 6.54 Å². The molecule has 1 N–H and O–H groups in total. The standard InChI is InChI=1S/C20H22N2O2/c1-14-17(12-21)9-6-10-18(14)16-8-5-7-15(11-16)13-22-19(23)24-20(2,3)4/h5-11H,13H2,1-4H3,(H,22,23). The van der Waals surface area contributed by atoms with Gasteiger partial charge in [-0.1, -0.05) is 30.3 Å². The molecule has 2 aromatic carbocycles. The van der Waals surface area contributed by atoms with E-state index in [0.29, 0.717) is 12.1 Å². The molecular formula is C20H22N2O2. The Morgan fingerprint density at radius 3 is 2.58 bits per heavy atom. The molecule has 0 aliphatic rings. The van der Waals surface area contributed by atoms with Crippen LogP contribution in [0.5, 0.6) is 0 Å². The average Bonchev–Trinajstić information content (AvgIpc) is 2.52. The van der Waals surface area contributed by atoms with Gasteiger partial charge in [0.1, 0.15) is 5.60 Å². The minimum atomic E-state index is -0.513. The normalized spacial score (nSPS) is 10.8. The summed E-state index contributed by atoms with van der Waals surface area (Å²) in [7, 11) is 0. The van der Waals surface area contributed by atoms with Crippen LogP contribution in [0.4, 0.5) is 4.79 Å². The number of nitrogens with one attached hydrogen (secondary N) is 1. The van der Waals surface area contributed by atoms with Crippen molar-refractivity contribution in [1.29, 1.82) is 5.26 Å². The van der Waals surface area contributed by atoms with E-state index in [1.54, 1.807) is 0 Å². The van der Waals surface area contributed by atoms with Gasteiger partial charge >= 0.3 is 6.09 Å². The first-order chi connectivity index (χ1) is 11.3. The monoisotopic (exact) mass is 322 g/mol. The van der Waals surface area contributed by atoms with E-state index in [0.717, 1.165) is 22.3 Å². The third-order valence-electron chi connectivity index (χ3n) is 3.53. The summed E-state index contributed by atoms with van der Waals surface area (Å²) in [6.45, 7) is 7.83. The molecule has 2 rings (SSSR count). The molecule has 0 radical (unpaired) electrons. The number of rotatable bonds is 3. The smallest absolute Gasteiger partial charge is 0.407 e. The highest BCUT2D eigenvalue weighted by Crippen LogP contribution is 2.26. The predicted molar refractivity (Wildman–Crippen MR) is 94.4 cm³/mol. The molecule has 0 fully saturated rings. The number of ether oxygens (including phenoxy) is 1. The molecule has 0 saturated heterocycles. The zero-order valence-corrected chi connectivity index (χ0v) is 14.5. The number of alkyl carbamates (subject to hydrolysis) is 1. The van der Waals surface area contributed by atoms with Crippen molar-refractivity contribution in [2.24, 2.45) is 0 Å². The van der Waals surface area contributed by atoms with Crippen molar-refractivity contribution in [2.45, 2.75) is 39.8 Å². The van der Waals surface area contributed by atoms with Crippen molar-refractivity contribution in [2.75, 3.05) is 0 Å². The lowest BCUT2D eigenvalue weighted by Gasteiger charge is -2.19. The molecule has 2 aromatic rings. The second-order valence-electron chi connectivity index (χ2n) is 6.65. The fourth-order valence-corrected chi connectivity index (χ4v) is 2.41. The van der Waals surface area contributed by atoms with Crippen molar-refractivity contribution in [1.82, 2.24) is 5.32 Å². The van der Waals surface area contributed by atoms with E-state index in [1.165, 1.54) is 0 Å². The van der Waals surface area contributed by atoms with E-state index in [-0.39, 0.29) is 0 Å². The van der Waals surface area contributed by atoms with Gasteiger partial charge < -0.3 is 10.1 Å². The number of hydrogen-bond acceptors (Lipinski definition) is 3. The SMILES string of the molecule is Cc1c(C#N)cccc1-c1cccc(CNC(=O)OC(C)(C)C)c1. The number of hydrogen-bond donors (Lipinski definition) is 1. The average molecular weight is 322 g/mol. The second kappa shape index (κ2) is 7.18. The Labute approximate surface area is 143 Å². The molecular weight excluding hydrogens is 300 g/mol. The Morgan fingerprint density at radius 2 is 1.92 bits per heavy atom. The molecule has 0 aromatic heterocycles. The van der Waals surface area contributed by atoms with Gasteiger partial charge in [0.05, 0.1) is 11.6 Å². The van der Waals surface area contributed by atoms with Crippen LogP contribution < -0.4 is 5.32 Å². The molecule has 24 heavy (non-hydrogen) atoms. The van der Waals surface area contributed by atoms with Crippen LogP contribution in [0.3, 0.4) is 0 Å². The van der Waals surface area contributed by atoms with Gasteiger partial charge in [-0.3, -0.25) is 0 Å². The number of carbonyl (C=O) groups is 1. The van der Waals surface area contributed by atoms with Crippen molar-refractivity contribution >= 4 is 6.09 Å². The Hall–Kier alpha value is -2.80. The number of nitriles is 1. The largest absolute Gasteiger partial charge is 0.444 e. The van der Waals surface area contributed by atoms with Gasteiger partial charge in [0.25, 0.3) is 0 Å². The maximum Gasteiger partial charge on any atom is 0.407 e. The molecule has 4 nitrogen and oxygen atoms in total. The Morgan fingerprint density at radius 1 is 1.21 bits per heavy atom. The molecule has 0 atom stereocenters. The van der Waals surface area contributed by atoms with Crippen LogP contribution in [0.25, 0.3) is 11.1 Å². The Kier molecular flexibility index (Phi) is 5.25. The highest BCUT2D eigenvalue weighted by atomic mass is 16.6. The first kappa shape index (κ1) is 17.6. The molecule has 0 saturated carbocycles. The first-order valence-electron chi connectivity index (χ1n) is 7.86. The summed E-state index contributed by atoms with van der Waals surface area (Å²) in [6.07, 6.45) is -0.435. The van der Waals surface area contributed by atoms with E-state index >= 15 is 0 Å². The third-order valence-corrected chi connectivity index (χ3v) is 3.53. The van der Waals surface area contributed by atoms with E-state index in [2.05, 4.69) is 11.4 Å². The molecule has 4 heteroatoms. The number of amides is 1. The minimum absolute atomic E-state index is 0.389. The summed E-state index contributed by atoms with van der Waals surface area (Å²) in [6, 6.07) is 15.8. The molecule has 124 valence electrons. The van der Waals surface area contributed by atoms with Gasteiger partial charge in [0.2, 0.25) is 0 Å². The van der Waals surface area contributed by atoms with Gasteiger partial charge in [-0.2, -0.15) is 5.26 Å². The maximum absolute atomic E-state index is 11.8. The van der Waals surface area contributed by atoms with Gasteiger partial charge in [-0.25, -0.2) is 4.79 Å². The summed E-state index contributed by atoms with van der Waals surface area (Å²) in [4.78, 5) is 11.8. The van der Waals surface area contributed by atoms with Crippen LogP contribution in [0.1, 0.15) is 37.5 Å². The van der Waals surface area contributed by atoms with E-state index in [1.807, 2.05) is 70.2 Å². The van der Waals surface area contributed by atoms with Crippen molar-refractivity contribution < 1.29 is 9.53 Å². The summed E-state index contributed by atoms with van der Waals surface area (Å²) < 4.78 is 5.24. The van der Waals surface area contributed by atoms with Crippen LogP contribution in [0.15, 0.2) is 42.5 Å². The fraction of sp³-hybridized carbons (Fsp3) is 0.300. The van der Waals surface area contributed by atoms with Gasteiger partial charge in [-0.05, 0) is 62.1 Å². The predicted octanol–water partition coefficient (Wildman–Crippen LogP) is 4.56. The molecule has 0 heterocycles. The van der Waals surface area contributed by atoms with Crippen LogP contribution >= 0.6 is 0 Å². The summed E-state index contributed by atoms with van der Waals surface area (Å²) in [5.74, 6) is 0. The Balaban J connectivity index is 2.16. The summed E-state index contributed by atoms with van der Waals surface area (Å²) in [5.41, 5.74) is 4.13. The number of nitrogens with zero attached hydrogens (tertiary/aromatic N) is 1. The Bertz CT molecular complexity index is 783. The zero-order valence-electron chi connectivity index (χ0n) is 14.5. The van der Waals surface area contributed by atoms with Crippen molar-refractivity contribution in [3.05, 3.63) is 59.2 Å². The molecule has 0 aliphatic heterocycles. The van der Waals surface area contributed by atoms with Crippen molar-refractivity contribution in [3.63, 3.8) is 0 Å². The minimum Gasteiger partial charge on any atom is -0.444 e. The number of carbonyl (C=O) groups excluding carboxylic acids is 1. The van der Waals surface area contributed by atoms with E-state index in [9.17, 15) is 10.1 Å². The highest BCUT2D eigenvalue weighted by Gasteiger charge is 2.15. The van der Waals surface area contributed by atoms with Crippen molar-refractivity contribution in [3.8, 4) is 17.2 Å². The number of benzene rings is 2. The quantitative estimate of drug-likeness (QED) is 0.901. The van der Waals surface area contributed by atoms with Crippen LogP contribution in [0, 0.1) is 18.3 Å². The molecule has 0 spiro atoms. The topological polar surface area (TPSA) is 62.1 Å².